The molecule has 4 rings (SSSR count). The summed E-state index contributed by atoms with van der Waals surface area (Å²) in [6, 6.07) is 12.4. The Kier molecular flexibility index (Phi) is 9.79. The fourth-order valence-corrected chi connectivity index (χ4v) is 6.29. The van der Waals surface area contributed by atoms with E-state index in [2.05, 4.69) is 34.9 Å². The Bertz CT molecular complexity index is 1420. The molecule has 2 aliphatic heterocycles. The van der Waals surface area contributed by atoms with Gasteiger partial charge in [-0.25, -0.2) is 0 Å². The van der Waals surface area contributed by atoms with E-state index in [0.29, 0.717) is 45.8 Å². The quantitative estimate of drug-likeness (QED) is 0.332. The van der Waals surface area contributed by atoms with Gasteiger partial charge in [-0.1, -0.05) is 67.7 Å². The molecular formula is C29H33N5O4S2. The third kappa shape index (κ3) is 6.46. The highest BCUT2D eigenvalue weighted by molar-refractivity contribution is 8.26. The summed E-state index contributed by atoms with van der Waals surface area (Å²) in [4.78, 5) is 44.1. The second kappa shape index (κ2) is 13.3. The molecule has 40 heavy (non-hydrogen) atoms. The zero-order chi connectivity index (χ0) is 28.8. The van der Waals surface area contributed by atoms with E-state index in [4.69, 9.17) is 17.3 Å². The van der Waals surface area contributed by atoms with E-state index in [0.717, 1.165) is 44.2 Å². The van der Waals surface area contributed by atoms with E-state index in [-0.39, 0.29) is 30.0 Å². The van der Waals surface area contributed by atoms with Gasteiger partial charge in [0.15, 0.2) is 0 Å². The summed E-state index contributed by atoms with van der Waals surface area (Å²) < 4.78 is 1.99. The predicted octanol–water partition coefficient (Wildman–Crippen LogP) is 3.83. The van der Waals surface area contributed by atoms with Gasteiger partial charge in [0.2, 0.25) is 0 Å². The summed E-state index contributed by atoms with van der Waals surface area (Å²) in [5, 5.41) is 19.0. The maximum absolute atomic E-state index is 13.5. The van der Waals surface area contributed by atoms with Gasteiger partial charge >= 0.3 is 5.97 Å². The van der Waals surface area contributed by atoms with Crippen LogP contribution in [0.3, 0.4) is 0 Å². The molecule has 2 aromatic rings. The van der Waals surface area contributed by atoms with Gasteiger partial charge in [-0.15, -0.1) is 0 Å². The number of nitrogens with zero attached hydrogens (tertiary/aromatic N) is 5. The number of thioether (sulfide) groups is 1. The number of carboxylic acids is 1. The van der Waals surface area contributed by atoms with E-state index < -0.39 is 5.97 Å². The fourth-order valence-electron chi connectivity index (χ4n) is 5.00. The average Bonchev–Trinajstić information content (AvgIpc) is 3.21. The number of carbonyl (C=O) groups excluding carboxylic acids is 1. The van der Waals surface area contributed by atoms with Crippen LogP contribution in [0.15, 0.2) is 40.0 Å². The van der Waals surface area contributed by atoms with Crippen molar-refractivity contribution in [2.45, 2.75) is 46.2 Å². The Hall–Kier alpha value is -3.46. The molecule has 1 aromatic carbocycles. The van der Waals surface area contributed by atoms with E-state index in [1.54, 1.807) is 17.6 Å². The number of aliphatic carboxylic acids is 1. The maximum Gasteiger partial charge on any atom is 0.305 e. The molecule has 0 spiro atoms. The summed E-state index contributed by atoms with van der Waals surface area (Å²) in [5.41, 5.74) is 2.17. The lowest BCUT2D eigenvalue weighted by Gasteiger charge is -2.38. The minimum absolute atomic E-state index is 0.00794. The van der Waals surface area contributed by atoms with Crippen LogP contribution in [-0.2, 0) is 22.7 Å². The Morgan fingerprint density at radius 2 is 1.85 bits per heavy atom. The summed E-state index contributed by atoms with van der Waals surface area (Å²) in [6.45, 7) is 8.06. The molecule has 3 heterocycles. The molecule has 0 unspecified atom stereocenters. The number of unbranched alkanes of at least 4 members (excludes halogenated alkanes) is 1. The van der Waals surface area contributed by atoms with Gasteiger partial charge < -0.3 is 10.0 Å². The van der Waals surface area contributed by atoms with Crippen molar-refractivity contribution in [1.29, 1.82) is 5.26 Å². The molecule has 0 aliphatic carbocycles. The first kappa shape index (κ1) is 29.5. The van der Waals surface area contributed by atoms with Crippen molar-refractivity contribution in [3.05, 3.63) is 67.8 Å². The monoisotopic (exact) mass is 579 g/mol. The average molecular weight is 580 g/mol. The fraction of sp³-hybridized carbons (Fsp3) is 0.414. The lowest BCUT2D eigenvalue weighted by Crippen LogP contribution is -2.48. The molecule has 1 aromatic heterocycles. The van der Waals surface area contributed by atoms with Crippen molar-refractivity contribution >= 4 is 52.1 Å². The SMILES string of the molecule is CCCCn1c(N2CCN(Cc3ccccc3)CC2)c(/C=C2\SC(=S)N(CCC(=O)O)C2=O)c(C)c(C#N)c1=O. The number of carboxylic acid groups (broad SMARTS) is 1. The maximum atomic E-state index is 13.5. The van der Waals surface area contributed by atoms with Crippen LogP contribution in [0.25, 0.3) is 6.08 Å². The lowest BCUT2D eigenvalue weighted by atomic mass is 10.0. The molecule has 1 N–H and O–H groups in total. The Labute approximate surface area is 243 Å². The van der Waals surface area contributed by atoms with Gasteiger partial charge in [0.25, 0.3) is 11.5 Å². The minimum atomic E-state index is -1.01. The van der Waals surface area contributed by atoms with Crippen LogP contribution in [0.5, 0.6) is 0 Å². The number of amides is 1. The van der Waals surface area contributed by atoms with Crippen LogP contribution in [0.2, 0.25) is 0 Å². The molecule has 11 heteroatoms. The number of nitriles is 1. The highest BCUT2D eigenvalue weighted by Gasteiger charge is 2.34. The van der Waals surface area contributed by atoms with Crippen LogP contribution in [0, 0.1) is 18.3 Å². The Morgan fingerprint density at radius 1 is 1.15 bits per heavy atom. The number of benzene rings is 1. The molecule has 0 saturated carbocycles. The molecule has 0 radical (unpaired) electrons. The molecule has 2 aliphatic rings. The summed E-state index contributed by atoms with van der Waals surface area (Å²) in [7, 11) is 0. The standard InChI is InChI=1S/C29H33N5O4S2/c1-3-4-11-33-26(32-15-13-31(14-16-32)19-21-8-6-5-7-9-21)22(20(2)23(18-30)27(33)37)17-24-28(38)34(29(39)40-24)12-10-25(35)36/h5-9,17H,3-4,10-16,19H2,1-2H3,(H,35,36)/b24-17-. The minimum Gasteiger partial charge on any atom is -0.481 e. The van der Waals surface area contributed by atoms with Gasteiger partial charge in [0, 0.05) is 51.4 Å². The molecule has 9 nitrogen and oxygen atoms in total. The number of thiocarbonyl (C=S) groups is 1. The molecule has 1 amide bonds. The molecular weight excluding hydrogens is 546 g/mol. The summed E-state index contributed by atoms with van der Waals surface area (Å²) in [6.07, 6.45) is 3.16. The number of piperazine rings is 1. The van der Waals surface area contributed by atoms with Gasteiger partial charge in [-0.3, -0.25) is 28.8 Å². The number of carbonyl (C=O) groups is 2. The summed E-state index contributed by atoms with van der Waals surface area (Å²) in [5.74, 6) is -0.659. The third-order valence-electron chi connectivity index (χ3n) is 7.20. The molecule has 2 fully saturated rings. The van der Waals surface area contributed by atoms with E-state index in [1.807, 2.05) is 18.2 Å². The number of hydrogen-bond donors (Lipinski definition) is 1. The van der Waals surface area contributed by atoms with Crippen molar-refractivity contribution < 1.29 is 14.7 Å². The third-order valence-corrected chi connectivity index (χ3v) is 8.58. The van der Waals surface area contributed by atoms with Crippen LogP contribution in [-0.4, -0.2) is 68.4 Å². The van der Waals surface area contributed by atoms with Crippen molar-refractivity contribution in [3.8, 4) is 6.07 Å². The molecule has 0 atom stereocenters. The van der Waals surface area contributed by atoms with Crippen molar-refractivity contribution in [3.63, 3.8) is 0 Å². The molecule has 0 bridgehead atoms. The topological polar surface area (TPSA) is 110 Å². The zero-order valence-corrected chi connectivity index (χ0v) is 24.4. The van der Waals surface area contributed by atoms with Gasteiger partial charge in [-0.05, 0) is 30.5 Å². The van der Waals surface area contributed by atoms with Gasteiger partial charge in [-0.2, -0.15) is 5.26 Å². The summed E-state index contributed by atoms with van der Waals surface area (Å²) >= 11 is 6.50. The first-order valence-electron chi connectivity index (χ1n) is 13.4. The normalized spacial score (nSPS) is 17.1. The molecule has 210 valence electrons. The van der Waals surface area contributed by atoms with Gasteiger partial charge in [0.1, 0.15) is 21.8 Å². The smallest absolute Gasteiger partial charge is 0.305 e. The molecule has 2 saturated heterocycles. The Balaban J connectivity index is 1.73. The second-order valence-electron chi connectivity index (χ2n) is 9.89. The Morgan fingerprint density at radius 3 is 2.48 bits per heavy atom. The second-order valence-corrected chi connectivity index (χ2v) is 11.6. The van der Waals surface area contributed by atoms with Crippen molar-refractivity contribution in [2.75, 3.05) is 37.6 Å². The van der Waals surface area contributed by atoms with Crippen LogP contribution < -0.4 is 10.5 Å². The number of aromatic nitrogens is 1. The highest BCUT2D eigenvalue weighted by Crippen LogP contribution is 2.36. The van der Waals surface area contributed by atoms with Crippen molar-refractivity contribution in [1.82, 2.24) is 14.4 Å². The van der Waals surface area contributed by atoms with Crippen molar-refractivity contribution in [2.24, 2.45) is 0 Å². The highest BCUT2D eigenvalue weighted by atomic mass is 32.2. The van der Waals surface area contributed by atoms with Crippen LogP contribution >= 0.6 is 24.0 Å². The van der Waals surface area contributed by atoms with Crippen LogP contribution in [0.1, 0.15) is 48.4 Å². The van der Waals surface area contributed by atoms with E-state index in [1.165, 1.54) is 10.5 Å². The number of rotatable bonds is 10. The van der Waals surface area contributed by atoms with E-state index >= 15 is 0 Å². The van der Waals surface area contributed by atoms with Crippen LogP contribution in [0.4, 0.5) is 5.82 Å². The van der Waals surface area contributed by atoms with Gasteiger partial charge in [0.05, 0.1) is 11.3 Å². The predicted molar refractivity (Wildman–Crippen MR) is 161 cm³/mol. The lowest BCUT2D eigenvalue weighted by molar-refractivity contribution is -0.137. The largest absolute Gasteiger partial charge is 0.481 e. The first-order valence-corrected chi connectivity index (χ1v) is 14.6. The zero-order valence-electron chi connectivity index (χ0n) is 22.8. The first-order chi connectivity index (χ1) is 19.2. The number of hydrogen-bond acceptors (Lipinski definition) is 8. The number of pyridine rings is 1. The van der Waals surface area contributed by atoms with E-state index in [9.17, 15) is 19.6 Å². The number of anilines is 1.